The normalized spacial score (nSPS) is 10.6. The van der Waals surface area contributed by atoms with E-state index in [1.54, 1.807) is 18.2 Å². The van der Waals surface area contributed by atoms with Crippen LogP contribution in [0.1, 0.15) is 6.92 Å². The van der Waals surface area contributed by atoms with E-state index in [1.807, 2.05) is 12.1 Å². The first-order valence-corrected chi connectivity index (χ1v) is 9.16. The van der Waals surface area contributed by atoms with Gasteiger partial charge in [0.15, 0.2) is 5.13 Å². The lowest BCUT2D eigenvalue weighted by atomic mass is 10.3. The van der Waals surface area contributed by atoms with Crippen LogP contribution in [0.3, 0.4) is 0 Å². The second-order valence-electron chi connectivity index (χ2n) is 5.17. The van der Waals surface area contributed by atoms with Crippen LogP contribution in [0.25, 0.3) is 10.2 Å². The summed E-state index contributed by atoms with van der Waals surface area (Å²) in [5.41, 5.74) is 1.37. The fraction of sp³-hybridized carbons (Fsp3) is 0.118. The number of hydrogen-bond donors (Lipinski definition) is 2. The predicted molar refractivity (Wildman–Crippen MR) is 99.7 cm³/mol. The van der Waals surface area contributed by atoms with Crippen molar-refractivity contribution >= 4 is 55.9 Å². The van der Waals surface area contributed by atoms with Crippen LogP contribution in [0.15, 0.2) is 47.4 Å². The molecule has 3 rings (SSSR count). The molecule has 0 aliphatic carbocycles. The SMILES string of the molecule is CC(=O)Nc1ccc(SCC(=O)Nc2nc3ccc(F)cc3s2)cc1. The summed E-state index contributed by atoms with van der Waals surface area (Å²) in [6, 6.07) is 11.6. The van der Waals surface area contributed by atoms with E-state index in [4.69, 9.17) is 0 Å². The summed E-state index contributed by atoms with van der Waals surface area (Å²) in [7, 11) is 0. The second-order valence-corrected chi connectivity index (χ2v) is 7.25. The summed E-state index contributed by atoms with van der Waals surface area (Å²) in [6.45, 7) is 1.45. The van der Waals surface area contributed by atoms with Gasteiger partial charge in [-0.25, -0.2) is 9.37 Å². The van der Waals surface area contributed by atoms with Gasteiger partial charge in [-0.1, -0.05) is 11.3 Å². The maximum atomic E-state index is 13.2. The summed E-state index contributed by atoms with van der Waals surface area (Å²) in [5, 5.41) is 5.86. The van der Waals surface area contributed by atoms with Crippen molar-refractivity contribution in [3.05, 3.63) is 48.3 Å². The van der Waals surface area contributed by atoms with E-state index >= 15 is 0 Å². The summed E-state index contributed by atoms with van der Waals surface area (Å²) in [5.74, 6) is -0.415. The summed E-state index contributed by atoms with van der Waals surface area (Å²) in [4.78, 5) is 28.2. The van der Waals surface area contributed by atoms with Crippen molar-refractivity contribution in [2.75, 3.05) is 16.4 Å². The zero-order valence-electron chi connectivity index (χ0n) is 13.2. The second kappa shape index (κ2) is 7.62. The maximum absolute atomic E-state index is 13.2. The van der Waals surface area contributed by atoms with Crippen LogP contribution in [0, 0.1) is 5.82 Å². The van der Waals surface area contributed by atoms with E-state index in [-0.39, 0.29) is 23.4 Å². The molecule has 3 aromatic rings. The molecule has 0 radical (unpaired) electrons. The molecule has 5 nitrogen and oxygen atoms in total. The smallest absolute Gasteiger partial charge is 0.236 e. The van der Waals surface area contributed by atoms with Crippen LogP contribution in [0.2, 0.25) is 0 Å². The summed E-state index contributed by atoms with van der Waals surface area (Å²) < 4.78 is 13.9. The van der Waals surface area contributed by atoms with Gasteiger partial charge in [0.25, 0.3) is 0 Å². The molecule has 0 bridgehead atoms. The van der Waals surface area contributed by atoms with Crippen molar-refractivity contribution in [2.24, 2.45) is 0 Å². The number of aromatic nitrogens is 1. The van der Waals surface area contributed by atoms with Gasteiger partial charge in [-0.15, -0.1) is 11.8 Å². The quantitative estimate of drug-likeness (QED) is 0.658. The number of benzene rings is 2. The van der Waals surface area contributed by atoms with Crippen LogP contribution in [0.5, 0.6) is 0 Å². The van der Waals surface area contributed by atoms with Crippen molar-refractivity contribution in [3.8, 4) is 0 Å². The Labute approximate surface area is 151 Å². The van der Waals surface area contributed by atoms with Crippen molar-refractivity contribution in [2.45, 2.75) is 11.8 Å². The maximum Gasteiger partial charge on any atom is 0.236 e. The highest BCUT2D eigenvalue weighted by atomic mass is 32.2. The van der Waals surface area contributed by atoms with Gasteiger partial charge < -0.3 is 10.6 Å². The van der Waals surface area contributed by atoms with Crippen LogP contribution in [-0.2, 0) is 9.59 Å². The first-order valence-electron chi connectivity index (χ1n) is 7.36. The lowest BCUT2D eigenvalue weighted by Gasteiger charge is -2.04. The lowest BCUT2D eigenvalue weighted by Crippen LogP contribution is -2.13. The van der Waals surface area contributed by atoms with E-state index in [0.717, 1.165) is 4.90 Å². The molecule has 0 saturated carbocycles. The minimum absolute atomic E-state index is 0.129. The van der Waals surface area contributed by atoms with Crippen molar-refractivity contribution in [1.82, 2.24) is 4.98 Å². The fourth-order valence-corrected chi connectivity index (χ4v) is 3.70. The lowest BCUT2D eigenvalue weighted by molar-refractivity contribution is -0.114. The molecule has 2 N–H and O–H groups in total. The molecule has 128 valence electrons. The minimum Gasteiger partial charge on any atom is -0.326 e. The molecule has 2 amide bonds. The zero-order valence-corrected chi connectivity index (χ0v) is 14.8. The first-order chi connectivity index (χ1) is 12.0. The number of nitrogens with zero attached hydrogens (tertiary/aromatic N) is 1. The molecule has 1 aromatic heterocycles. The van der Waals surface area contributed by atoms with Crippen molar-refractivity contribution < 1.29 is 14.0 Å². The van der Waals surface area contributed by atoms with Crippen molar-refractivity contribution in [3.63, 3.8) is 0 Å². The molecule has 0 fully saturated rings. The minimum atomic E-state index is -0.327. The predicted octanol–water partition coefficient (Wildman–Crippen LogP) is 4.12. The summed E-state index contributed by atoms with van der Waals surface area (Å²) >= 11 is 2.61. The molecule has 25 heavy (non-hydrogen) atoms. The number of halogens is 1. The molecule has 0 atom stereocenters. The standard InChI is InChI=1S/C17H14FN3O2S2/c1-10(22)19-12-3-5-13(6-4-12)24-9-16(23)21-17-20-14-7-2-11(18)8-15(14)25-17/h2-8H,9H2,1H3,(H,19,22)(H,20,21,23). The molecule has 0 saturated heterocycles. The molecule has 8 heteroatoms. The number of rotatable bonds is 5. The fourth-order valence-electron chi connectivity index (χ4n) is 2.09. The van der Waals surface area contributed by atoms with Gasteiger partial charge in [0, 0.05) is 17.5 Å². The van der Waals surface area contributed by atoms with Gasteiger partial charge in [-0.2, -0.15) is 0 Å². The van der Waals surface area contributed by atoms with E-state index in [0.29, 0.717) is 21.0 Å². The third-order valence-electron chi connectivity index (χ3n) is 3.14. The van der Waals surface area contributed by atoms with E-state index in [2.05, 4.69) is 15.6 Å². The van der Waals surface area contributed by atoms with Gasteiger partial charge >= 0.3 is 0 Å². The Morgan fingerprint density at radius 1 is 1.16 bits per heavy atom. The van der Waals surface area contributed by atoms with E-state index in [1.165, 1.54) is 42.2 Å². The Morgan fingerprint density at radius 2 is 1.92 bits per heavy atom. The zero-order chi connectivity index (χ0) is 17.8. The number of amides is 2. The highest BCUT2D eigenvalue weighted by molar-refractivity contribution is 8.00. The van der Waals surface area contributed by atoms with Gasteiger partial charge in [0.05, 0.1) is 16.0 Å². The molecule has 0 aliphatic rings. The largest absolute Gasteiger partial charge is 0.326 e. The van der Waals surface area contributed by atoms with Gasteiger partial charge in [-0.3, -0.25) is 9.59 Å². The monoisotopic (exact) mass is 375 g/mol. The number of carbonyl (C=O) groups is 2. The number of fused-ring (bicyclic) bond motifs is 1. The third-order valence-corrected chi connectivity index (χ3v) is 5.09. The number of nitrogens with one attached hydrogen (secondary N) is 2. The highest BCUT2D eigenvalue weighted by Crippen LogP contribution is 2.27. The Morgan fingerprint density at radius 3 is 2.64 bits per heavy atom. The Hall–Kier alpha value is -2.45. The van der Waals surface area contributed by atoms with Gasteiger partial charge in [0.2, 0.25) is 11.8 Å². The van der Waals surface area contributed by atoms with Crippen LogP contribution in [0.4, 0.5) is 15.2 Å². The number of thioether (sulfide) groups is 1. The van der Waals surface area contributed by atoms with E-state index < -0.39 is 0 Å². The number of hydrogen-bond acceptors (Lipinski definition) is 5. The van der Waals surface area contributed by atoms with Crippen molar-refractivity contribution in [1.29, 1.82) is 0 Å². The molecule has 0 unspecified atom stereocenters. The molecular weight excluding hydrogens is 361 g/mol. The number of carbonyl (C=O) groups excluding carboxylic acids is 2. The Bertz CT molecular complexity index is 925. The van der Waals surface area contributed by atoms with Gasteiger partial charge in [-0.05, 0) is 42.5 Å². The average molecular weight is 375 g/mol. The topological polar surface area (TPSA) is 71.1 Å². The molecule has 0 aliphatic heterocycles. The third kappa shape index (κ3) is 4.77. The molecule has 0 spiro atoms. The number of thiazole rings is 1. The number of anilines is 2. The van der Waals surface area contributed by atoms with Crippen LogP contribution in [-0.4, -0.2) is 22.6 Å². The van der Waals surface area contributed by atoms with Crippen LogP contribution < -0.4 is 10.6 Å². The van der Waals surface area contributed by atoms with Crippen LogP contribution >= 0.6 is 23.1 Å². The van der Waals surface area contributed by atoms with E-state index in [9.17, 15) is 14.0 Å². The summed E-state index contributed by atoms with van der Waals surface area (Å²) in [6.07, 6.45) is 0. The Kier molecular flexibility index (Phi) is 5.30. The Balaban J connectivity index is 1.55. The van der Waals surface area contributed by atoms with Gasteiger partial charge in [0.1, 0.15) is 5.82 Å². The highest BCUT2D eigenvalue weighted by Gasteiger charge is 2.09. The molecule has 1 heterocycles. The average Bonchev–Trinajstić information content (AvgIpc) is 2.95. The first kappa shape index (κ1) is 17.4. The molecular formula is C17H14FN3O2S2. The molecule has 2 aromatic carbocycles.